The highest BCUT2D eigenvalue weighted by atomic mass is 35.5. The molecule has 10 heavy (non-hydrogen) atoms. The van der Waals surface area contributed by atoms with Gasteiger partial charge in [-0.25, -0.2) is 0 Å². The maximum atomic E-state index is 9.28. The first-order chi connectivity index (χ1) is 4.75. The zero-order valence-electron chi connectivity index (χ0n) is 5.67. The molecule has 0 aliphatic carbocycles. The Morgan fingerprint density at radius 3 is 2.90 bits per heavy atom. The topological polar surface area (TPSA) is 20.2 Å². The summed E-state index contributed by atoms with van der Waals surface area (Å²) in [4.78, 5) is 0.981. The van der Waals surface area contributed by atoms with E-state index in [4.69, 9.17) is 11.6 Å². The average molecular weight is 177 g/mol. The van der Waals surface area contributed by atoms with Crippen LogP contribution in [-0.4, -0.2) is 11.0 Å². The molecule has 1 heterocycles. The second-order valence-corrected chi connectivity index (χ2v) is 3.39. The van der Waals surface area contributed by atoms with Gasteiger partial charge in [-0.15, -0.1) is 22.9 Å². The molecule has 0 aromatic carbocycles. The van der Waals surface area contributed by atoms with Crippen LogP contribution in [0, 0.1) is 6.92 Å². The maximum absolute atomic E-state index is 9.28. The second-order valence-electron chi connectivity index (χ2n) is 2.14. The van der Waals surface area contributed by atoms with Gasteiger partial charge in [-0.05, 0) is 23.9 Å². The third kappa shape index (κ3) is 1.51. The van der Waals surface area contributed by atoms with Crippen molar-refractivity contribution < 1.29 is 5.11 Å². The highest BCUT2D eigenvalue weighted by Crippen LogP contribution is 2.24. The standard InChI is InChI=1S/C7H9ClOS/c1-5-2-3-10-7(5)6(9)4-8/h2-3,6,9H,4H2,1H3. The summed E-state index contributed by atoms with van der Waals surface area (Å²) in [6, 6.07) is 1.98. The maximum Gasteiger partial charge on any atom is 0.102 e. The first-order valence-corrected chi connectivity index (χ1v) is 4.45. The van der Waals surface area contributed by atoms with Gasteiger partial charge in [0.25, 0.3) is 0 Å². The van der Waals surface area contributed by atoms with Crippen molar-refractivity contribution in [2.75, 3.05) is 5.88 Å². The number of halogens is 1. The SMILES string of the molecule is Cc1ccsc1C(O)CCl. The molecule has 1 aromatic heterocycles. The Kier molecular flexibility index (Phi) is 2.72. The van der Waals surface area contributed by atoms with E-state index in [9.17, 15) is 5.11 Å². The van der Waals surface area contributed by atoms with Crippen molar-refractivity contribution in [3.63, 3.8) is 0 Å². The number of aliphatic hydroxyl groups excluding tert-OH is 1. The number of hydrogen-bond acceptors (Lipinski definition) is 2. The molecule has 0 spiro atoms. The Hall–Kier alpha value is -0.0500. The minimum Gasteiger partial charge on any atom is -0.386 e. The van der Waals surface area contributed by atoms with Crippen molar-refractivity contribution in [3.8, 4) is 0 Å². The van der Waals surface area contributed by atoms with Crippen LogP contribution in [0.4, 0.5) is 0 Å². The van der Waals surface area contributed by atoms with E-state index in [0.29, 0.717) is 0 Å². The third-order valence-corrected chi connectivity index (χ3v) is 2.76. The van der Waals surface area contributed by atoms with Gasteiger partial charge < -0.3 is 5.11 Å². The van der Waals surface area contributed by atoms with Gasteiger partial charge in [0.2, 0.25) is 0 Å². The van der Waals surface area contributed by atoms with Gasteiger partial charge in [-0.2, -0.15) is 0 Å². The van der Waals surface area contributed by atoms with Gasteiger partial charge in [0.05, 0.1) is 5.88 Å². The number of aliphatic hydroxyl groups is 1. The van der Waals surface area contributed by atoms with E-state index in [1.165, 1.54) is 0 Å². The lowest BCUT2D eigenvalue weighted by atomic mass is 10.2. The van der Waals surface area contributed by atoms with Crippen LogP contribution in [0.1, 0.15) is 16.5 Å². The average Bonchev–Trinajstić information content (AvgIpc) is 2.34. The molecule has 56 valence electrons. The van der Waals surface area contributed by atoms with Crippen molar-refractivity contribution in [2.45, 2.75) is 13.0 Å². The fraction of sp³-hybridized carbons (Fsp3) is 0.429. The molecule has 1 rings (SSSR count). The molecule has 1 aromatic rings. The van der Waals surface area contributed by atoms with Crippen LogP contribution in [0.2, 0.25) is 0 Å². The second kappa shape index (κ2) is 3.37. The molecule has 1 N–H and O–H groups in total. The van der Waals surface area contributed by atoms with E-state index in [1.54, 1.807) is 11.3 Å². The van der Waals surface area contributed by atoms with Gasteiger partial charge in [0.15, 0.2) is 0 Å². The van der Waals surface area contributed by atoms with Crippen LogP contribution < -0.4 is 0 Å². The zero-order valence-corrected chi connectivity index (χ0v) is 7.25. The lowest BCUT2D eigenvalue weighted by Crippen LogP contribution is -1.96. The molecule has 0 saturated carbocycles. The molecule has 1 atom stereocenters. The summed E-state index contributed by atoms with van der Waals surface area (Å²) in [5.41, 5.74) is 1.12. The molecule has 1 unspecified atom stereocenters. The Bertz CT molecular complexity index is 209. The number of rotatable bonds is 2. The minimum atomic E-state index is -0.485. The number of aryl methyl sites for hydroxylation is 1. The van der Waals surface area contributed by atoms with E-state index in [1.807, 2.05) is 18.4 Å². The Labute approximate surface area is 69.3 Å². The molecule has 3 heteroatoms. The lowest BCUT2D eigenvalue weighted by molar-refractivity contribution is 0.206. The van der Waals surface area contributed by atoms with Crippen LogP contribution in [0.5, 0.6) is 0 Å². The molecule has 1 nitrogen and oxygen atoms in total. The summed E-state index contributed by atoms with van der Waals surface area (Å²) in [5.74, 6) is 0.279. The summed E-state index contributed by atoms with van der Waals surface area (Å²) < 4.78 is 0. The van der Waals surface area contributed by atoms with Gasteiger partial charge >= 0.3 is 0 Å². The Balaban J connectivity index is 2.82. The monoisotopic (exact) mass is 176 g/mol. The third-order valence-electron chi connectivity index (χ3n) is 1.35. The molecule has 0 fully saturated rings. The van der Waals surface area contributed by atoms with Crippen molar-refractivity contribution in [1.82, 2.24) is 0 Å². The lowest BCUT2D eigenvalue weighted by Gasteiger charge is -2.03. The summed E-state index contributed by atoms with van der Waals surface area (Å²) >= 11 is 7.02. The number of thiophene rings is 1. The highest BCUT2D eigenvalue weighted by molar-refractivity contribution is 7.10. The zero-order chi connectivity index (χ0) is 7.56. The predicted octanol–water partition coefficient (Wildman–Crippen LogP) is 2.33. The molecule has 0 aliphatic rings. The molecule has 0 bridgehead atoms. The molecule has 0 aliphatic heterocycles. The van der Waals surface area contributed by atoms with E-state index in [-0.39, 0.29) is 5.88 Å². The van der Waals surface area contributed by atoms with Crippen molar-refractivity contribution in [2.24, 2.45) is 0 Å². The summed E-state index contributed by atoms with van der Waals surface area (Å²) in [5, 5.41) is 11.2. The Morgan fingerprint density at radius 1 is 1.80 bits per heavy atom. The van der Waals surface area contributed by atoms with Crippen LogP contribution in [-0.2, 0) is 0 Å². The molecular formula is C7H9ClOS. The quantitative estimate of drug-likeness (QED) is 0.686. The first-order valence-electron chi connectivity index (χ1n) is 3.03. The van der Waals surface area contributed by atoms with E-state index >= 15 is 0 Å². The highest BCUT2D eigenvalue weighted by Gasteiger charge is 2.08. The van der Waals surface area contributed by atoms with Crippen LogP contribution in [0.15, 0.2) is 11.4 Å². The summed E-state index contributed by atoms with van der Waals surface area (Å²) in [6.45, 7) is 1.97. The van der Waals surface area contributed by atoms with Crippen LogP contribution >= 0.6 is 22.9 Å². The molecule has 0 saturated heterocycles. The minimum absolute atomic E-state index is 0.279. The van der Waals surface area contributed by atoms with Crippen LogP contribution in [0.3, 0.4) is 0 Å². The van der Waals surface area contributed by atoms with Gasteiger partial charge in [-0.1, -0.05) is 0 Å². The van der Waals surface area contributed by atoms with E-state index in [2.05, 4.69) is 0 Å². The van der Waals surface area contributed by atoms with E-state index in [0.717, 1.165) is 10.4 Å². The molecule has 0 radical (unpaired) electrons. The molecular weight excluding hydrogens is 168 g/mol. The van der Waals surface area contributed by atoms with E-state index < -0.39 is 6.10 Å². The van der Waals surface area contributed by atoms with Crippen LogP contribution in [0.25, 0.3) is 0 Å². The fourth-order valence-corrected chi connectivity index (χ4v) is 1.95. The first kappa shape index (κ1) is 8.05. The Morgan fingerprint density at radius 2 is 2.50 bits per heavy atom. The van der Waals surface area contributed by atoms with Gasteiger partial charge in [0, 0.05) is 4.88 Å². The van der Waals surface area contributed by atoms with Crippen molar-refractivity contribution in [1.29, 1.82) is 0 Å². The number of hydrogen-bond donors (Lipinski definition) is 1. The fourth-order valence-electron chi connectivity index (χ4n) is 0.796. The van der Waals surface area contributed by atoms with Crippen molar-refractivity contribution >= 4 is 22.9 Å². The summed E-state index contributed by atoms with van der Waals surface area (Å²) in [6.07, 6.45) is -0.485. The van der Waals surface area contributed by atoms with Gasteiger partial charge in [-0.3, -0.25) is 0 Å². The van der Waals surface area contributed by atoms with Gasteiger partial charge in [0.1, 0.15) is 6.10 Å². The molecule has 0 amide bonds. The predicted molar refractivity (Wildman–Crippen MR) is 44.7 cm³/mol. The normalized spacial score (nSPS) is 13.5. The smallest absolute Gasteiger partial charge is 0.102 e. The van der Waals surface area contributed by atoms with Crippen molar-refractivity contribution in [3.05, 3.63) is 21.9 Å². The summed E-state index contributed by atoms with van der Waals surface area (Å²) in [7, 11) is 0. The number of alkyl halides is 1. The largest absolute Gasteiger partial charge is 0.386 e.